The van der Waals surface area contributed by atoms with Crippen molar-refractivity contribution in [1.82, 2.24) is 10.2 Å². The largest absolute Gasteiger partial charge is 0.465 e. The summed E-state index contributed by atoms with van der Waals surface area (Å²) in [7, 11) is 0. The Kier molecular flexibility index (Phi) is 3.87. The number of nitrogens with zero attached hydrogens (tertiary/aromatic N) is 1. The van der Waals surface area contributed by atoms with Gasteiger partial charge in [0.25, 0.3) is 0 Å². The molecule has 1 amide bonds. The number of benzene rings is 1. The molecular formula is C14H20N2O2. The molecule has 4 heteroatoms. The van der Waals surface area contributed by atoms with E-state index in [1.807, 2.05) is 12.1 Å². The average Bonchev–Trinajstić information content (AvgIpc) is 2.39. The molecule has 1 aliphatic rings. The van der Waals surface area contributed by atoms with Crippen molar-refractivity contribution >= 4 is 6.09 Å². The van der Waals surface area contributed by atoms with Crippen LogP contribution in [0.15, 0.2) is 24.3 Å². The smallest absolute Gasteiger partial charge is 0.407 e. The van der Waals surface area contributed by atoms with Crippen molar-refractivity contribution in [3.05, 3.63) is 35.4 Å². The second kappa shape index (κ2) is 5.40. The van der Waals surface area contributed by atoms with Crippen molar-refractivity contribution in [1.29, 1.82) is 0 Å². The van der Waals surface area contributed by atoms with Crippen LogP contribution in [-0.4, -0.2) is 35.7 Å². The topological polar surface area (TPSA) is 52.6 Å². The third kappa shape index (κ3) is 2.64. The first kappa shape index (κ1) is 12.9. The Hall–Kier alpha value is -1.55. The molecule has 1 heterocycles. The molecule has 4 nitrogen and oxygen atoms in total. The van der Waals surface area contributed by atoms with Crippen LogP contribution in [0.1, 0.15) is 36.9 Å². The molecule has 98 valence electrons. The summed E-state index contributed by atoms with van der Waals surface area (Å²) < 4.78 is 0. The van der Waals surface area contributed by atoms with Gasteiger partial charge in [0.2, 0.25) is 0 Å². The number of rotatable bonds is 2. The molecule has 0 aliphatic carbocycles. The quantitative estimate of drug-likeness (QED) is 0.845. The second-order valence-electron chi connectivity index (χ2n) is 5.02. The van der Waals surface area contributed by atoms with E-state index in [0.29, 0.717) is 25.6 Å². The molecule has 2 rings (SSSR count). The Balaban J connectivity index is 2.23. The van der Waals surface area contributed by atoms with Crippen LogP contribution < -0.4 is 5.32 Å². The molecule has 1 aliphatic heterocycles. The molecule has 1 atom stereocenters. The van der Waals surface area contributed by atoms with E-state index in [9.17, 15) is 4.79 Å². The fourth-order valence-corrected chi connectivity index (χ4v) is 2.49. The van der Waals surface area contributed by atoms with Gasteiger partial charge in [-0.3, -0.25) is 0 Å². The standard InChI is InChI=1S/C14H20N2O2/c1-10(2)11-5-3-4-6-12(11)13-9-16(14(17)18)8-7-15-13/h3-6,10,13,15H,7-9H2,1-2H3,(H,17,18). The maximum Gasteiger partial charge on any atom is 0.407 e. The first-order valence-corrected chi connectivity index (χ1v) is 6.39. The summed E-state index contributed by atoms with van der Waals surface area (Å²) in [5, 5.41) is 12.5. The van der Waals surface area contributed by atoms with Gasteiger partial charge >= 0.3 is 6.09 Å². The van der Waals surface area contributed by atoms with Gasteiger partial charge < -0.3 is 15.3 Å². The minimum Gasteiger partial charge on any atom is -0.465 e. The summed E-state index contributed by atoms with van der Waals surface area (Å²) in [4.78, 5) is 12.5. The first-order valence-electron chi connectivity index (χ1n) is 6.39. The molecule has 0 bridgehead atoms. The van der Waals surface area contributed by atoms with Crippen molar-refractivity contribution in [2.45, 2.75) is 25.8 Å². The summed E-state index contributed by atoms with van der Waals surface area (Å²) in [6, 6.07) is 8.38. The monoisotopic (exact) mass is 248 g/mol. The van der Waals surface area contributed by atoms with Crippen molar-refractivity contribution < 1.29 is 9.90 Å². The van der Waals surface area contributed by atoms with E-state index in [4.69, 9.17) is 5.11 Å². The minimum atomic E-state index is -0.830. The third-order valence-corrected chi connectivity index (χ3v) is 3.44. The SMILES string of the molecule is CC(C)c1ccccc1C1CN(C(=O)O)CCN1. The van der Waals surface area contributed by atoms with Crippen LogP contribution in [0.4, 0.5) is 4.79 Å². The molecule has 0 saturated carbocycles. The molecule has 1 aromatic rings. The van der Waals surface area contributed by atoms with Crippen LogP contribution in [0.2, 0.25) is 0 Å². The highest BCUT2D eigenvalue weighted by molar-refractivity contribution is 5.65. The fourth-order valence-electron chi connectivity index (χ4n) is 2.49. The molecule has 2 N–H and O–H groups in total. The lowest BCUT2D eigenvalue weighted by molar-refractivity contribution is 0.129. The van der Waals surface area contributed by atoms with E-state index < -0.39 is 6.09 Å². The molecule has 1 fully saturated rings. The Morgan fingerprint density at radius 1 is 1.44 bits per heavy atom. The molecule has 18 heavy (non-hydrogen) atoms. The maximum absolute atomic E-state index is 11.0. The van der Waals surface area contributed by atoms with Gasteiger partial charge in [-0.05, 0) is 17.0 Å². The normalized spacial score (nSPS) is 20.2. The Labute approximate surface area is 108 Å². The number of hydrogen-bond acceptors (Lipinski definition) is 2. The van der Waals surface area contributed by atoms with Gasteiger partial charge in [0.15, 0.2) is 0 Å². The number of carboxylic acid groups (broad SMARTS) is 1. The fraction of sp³-hybridized carbons (Fsp3) is 0.500. The maximum atomic E-state index is 11.0. The number of piperazine rings is 1. The van der Waals surface area contributed by atoms with Crippen LogP contribution in [0.5, 0.6) is 0 Å². The summed E-state index contributed by atoms with van der Waals surface area (Å²) in [6.07, 6.45) is -0.830. The number of nitrogens with one attached hydrogen (secondary N) is 1. The zero-order chi connectivity index (χ0) is 13.1. The van der Waals surface area contributed by atoms with Crippen molar-refractivity contribution in [2.75, 3.05) is 19.6 Å². The molecular weight excluding hydrogens is 228 g/mol. The number of hydrogen-bond donors (Lipinski definition) is 2. The van der Waals surface area contributed by atoms with E-state index in [2.05, 4.69) is 31.3 Å². The van der Waals surface area contributed by atoms with Crippen LogP contribution in [-0.2, 0) is 0 Å². The highest BCUT2D eigenvalue weighted by Crippen LogP contribution is 2.26. The van der Waals surface area contributed by atoms with Gasteiger partial charge in [0.1, 0.15) is 0 Å². The zero-order valence-corrected chi connectivity index (χ0v) is 10.9. The van der Waals surface area contributed by atoms with Crippen molar-refractivity contribution in [2.24, 2.45) is 0 Å². The van der Waals surface area contributed by atoms with Crippen LogP contribution in [0.3, 0.4) is 0 Å². The lowest BCUT2D eigenvalue weighted by atomic mass is 9.92. The Bertz CT molecular complexity index is 432. The predicted molar refractivity (Wildman–Crippen MR) is 70.9 cm³/mol. The molecule has 1 unspecified atom stereocenters. The van der Waals surface area contributed by atoms with Crippen LogP contribution in [0.25, 0.3) is 0 Å². The first-order chi connectivity index (χ1) is 8.59. The summed E-state index contributed by atoms with van der Waals surface area (Å²) >= 11 is 0. The highest BCUT2D eigenvalue weighted by Gasteiger charge is 2.25. The minimum absolute atomic E-state index is 0.105. The second-order valence-corrected chi connectivity index (χ2v) is 5.02. The van der Waals surface area contributed by atoms with Gasteiger partial charge in [0, 0.05) is 19.6 Å². The molecule has 1 saturated heterocycles. The molecule has 0 aromatic heterocycles. The van der Waals surface area contributed by atoms with E-state index in [1.54, 1.807) is 0 Å². The molecule has 0 radical (unpaired) electrons. The lowest BCUT2D eigenvalue weighted by Crippen LogP contribution is -2.48. The number of amides is 1. The third-order valence-electron chi connectivity index (χ3n) is 3.44. The predicted octanol–water partition coefficient (Wildman–Crippen LogP) is 2.43. The van der Waals surface area contributed by atoms with Crippen molar-refractivity contribution in [3.8, 4) is 0 Å². The van der Waals surface area contributed by atoms with Crippen molar-refractivity contribution in [3.63, 3.8) is 0 Å². The van der Waals surface area contributed by atoms with Gasteiger partial charge in [-0.25, -0.2) is 4.79 Å². The Morgan fingerprint density at radius 2 is 2.17 bits per heavy atom. The lowest BCUT2D eigenvalue weighted by Gasteiger charge is -2.33. The average molecular weight is 248 g/mol. The Morgan fingerprint density at radius 3 is 2.83 bits per heavy atom. The van der Waals surface area contributed by atoms with E-state index in [-0.39, 0.29) is 6.04 Å². The van der Waals surface area contributed by atoms with E-state index >= 15 is 0 Å². The molecule has 1 aromatic carbocycles. The van der Waals surface area contributed by atoms with Gasteiger partial charge in [-0.15, -0.1) is 0 Å². The summed E-state index contributed by atoms with van der Waals surface area (Å²) in [6.45, 7) is 6.13. The zero-order valence-electron chi connectivity index (χ0n) is 10.9. The summed E-state index contributed by atoms with van der Waals surface area (Å²) in [5.74, 6) is 0.447. The van der Waals surface area contributed by atoms with Crippen LogP contribution >= 0.6 is 0 Å². The van der Waals surface area contributed by atoms with E-state index in [0.717, 1.165) is 0 Å². The highest BCUT2D eigenvalue weighted by atomic mass is 16.4. The summed E-state index contributed by atoms with van der Waals surface area (Å²) in [5.41, 5.74) is 2.51. The number of carbonyl (C=O) groups is 1. The van der Waals surface area contributed by atoms with E-state index in [1.165, 1.54) is 16.0 Å². The van der Waals surface area contributed by atoms with Crippen LogP contribution in [0, 0.1) is 0 Å². The van der Waals surface area contributed by atoms with Gasteiger partial charge in [0.05, 0.1) is 6.04 Å². The molecule has 0 spiro atoms. The van der Waals surface area contributed by atoms with Gasteiger partial charge in [-0.2, -0.15) is 0 Å². The van der Waals surface area contributed by atoms with Gasteiger partial charge in [-0.1, -0.05) is 38.1 Å².